The Balaban J connectivity index is 2.97. The lowest BCUT2D eigenvalue weighted by Gasteiger charge is -2.12. The maximum absolute atomic E-state index is 11.4. The van der Waals surface area contributed by atoms with E-state index in [1.807, 2.05) is 0 Å². The number of rotatable bonds is 6. The first-order valence-electron chi connectivity index (χ1n) is 5.69. The molecule has 1 aromatic rings. The van der Waals surface area contributed by atoms with Crippen molar-refractivity contribution in [3.05, 3.63) is 28.3 Å². The molecule has 116 valence electrons. The third-order valence-electron chi connectivity index (χ3n) is 2.47. The largest absolute Gasteiger partial charge is 0.492 e. The molecule has 0 radical (unpaired) electrons. The number of amides is 1. The Labute approximate surface area is 125 Å². The molecular weight excluding hydrogens is 324 g/mol. The number of halogens is 1. The summed E-state index contributed by atoms with van der Waals surface area (Å²) < 4.78 is 28.0. The maximum Gasteiger partial charge on any atom is 0.271 e. The molecule has 1 amide bonds. The van der Waals surface area contributed by atoms with Crippen molar-refractivity contribution in [2.75, 3.05) is 20.7 Å². The van der Waals surface area contributed by atoms with Gasteiger partial charge in [0.25, 0.3) is 14.7 Å². The fourth-order valence-electron chi connectivity index (χ4n) is 1.39. The number of hydrogen-bond donors (Lipinski definition) is 0. The van der Waals surface area contributed by atoms with Gasteiger partial charge in [0.2, 0.25) is 5.91 Å². The molecule has 0 saturated heterocycles. The highest BCUT2D eigenvalue weighted by atomic mass is 35.7. The number of hydrogen-bond acceptors (Lipinski definition) is 6. The zero-order valence-corrected chi connectivity index (χ0v) is 12.8. The van der Waals surface area contributed by atoms with E-state index in [0.29, 0.717) is 0 Å². The summed E-state index contributed by atoms with van der Waals surface area (Å²) in [6.07, 6.45) is 0.0335. The van der Waals surface area contributed by atoms with E-state index in [2.05, 4.69) is 0 Å². The minimum atomic E-state index is -4.21. The molecule has 1 aromatic carbocycles. The lowest BCUT2D eigenvalue weighted by Crippen LogP contribution is -2.23. The molecule has 0 aliphatic carbocycles. The highest BCUT2D eigenvalue weighted by Crippen LogP contribution is 2.30. The van der Waals surface area contributed by atoms with Gasteiger partial charge in [-0.2, -0.15) is 0 Å². The van der Waals surface area contributed by atoms with E-state index >= 15 is 0 Å². The summed E-state index contributed by atoms with van der Waals surface area (Å²) in [5.74, 6) is -0.339. The van der Waals surface area contributed by atoms with Crippen LogP contribution in [-0.2, 0) is 13.8 Å². The molecule has 0 heterocycles. The summed E-state index contributed by atoms with van der Waals surface area (Å²) >= 11 is 0. The molecule has 0 aliphatic heterocycles. The first kappa shape index (κ1) is 17.2. The minimum absolute atomic E-state index is 0.0335. The highest BCUT2D eigenvalue weighted by molar-refractivity contribution is 8.13. The second-order valence-corrected chi connectivity index (χ2v) is 6.75. The van der Waals surface area contributed by atoms with E-state index in [-0.39, 0.29) is 24.7 Å². The second-order valence-electron chi connectivity index (χ2n) is 4.21. The zero-order valence-electron chi connectivity index (χ0n) is 11.3. The summed E-state index contributed by atoms with van der Waals surface area (Å²) in [5, 5.41) is 10.6. The Hall–Kier alpha value is -1.87. The molecule has 0 atom stereocenters. The number of non-ortho nitro benzene ring substituents is 1. The standard InChI is InChI=1S/C11H13ClN2O6S/c1-13(2)11(15)5-6-20-9-4-3-8(14(16)17)7-10(9)21(12,18)19/h3-4,7H,5-6H2,1-2H3. The molecular formula is C11H13ClN2O6S. The van der Waals surface area contributed by atoms with Gasteiger partial charge in [-0.3, -0.25) is 14.9 Å². The second kappa shape index (κ2) is 6.72. The van der Waals surface area contributed by atoms with Crippen LogP contribution in [0.2, 0.25) is 0 Å². The molecule has 0 unspecified atom stereocenters. The van der Waals surface area contributed by atoms with Gasteiger partial charge in [-0.15, -0.1) is 0 Å². The number of nitro benzene ring substituents is 1. The Morgan fingerprint density at radius 1 is 1.43 bits per heavy atom. The van der Waals surface area contributed by atoms with E-state index in [1.165, 1.54) is 4.90 Å². The molecule has 0 saturated carbocycles. The normalized spacial score (nSPS) is 11.0. The Morgan fingerprint density at radius 2 is 2.05 bits per heavy atom. The lowest BCUT2D eigenvalue weighted by atomic mass is 10.3. The predicted molar refractivity (Wildman–Crippen MR) is 74.9 cm³/mol. The predicted octanol–water partition coefficient (Wildman–Crippen LogP) is 1.38. The van der Waals surface area contributed by atoms with Crippen molar-refractivity contribution in [1.82, 2.24) is 4.90 Å². The van der Waals surface area contributed by atoms with Crippen LogP contribution in [0.4, 0.5) is 5.69 Å². The van der Waals surface area contributed by atoms with Crippen molar-refractivity contribution in [2.24, 2.45) is 0 Å². The van der Waals surface area contributed by atoms with Crippen LogP contribution in [0.1, 0.15) is 6.42 Å². The van der Waals surface area contributed by atoms with Gasteiger partial charge in [0.15, 0.2) is 0 Å². The molecule has 0 aromatic heterocycles. The van der Waals surface area contributed by atoms with Gasteiger partial charge in [-0.05, 0) is 6.07 Å². The van der Waals surface area contributed by atoms with Crippen LogP contribution >= 0.6 is 10.7 Å². The molecule has 0 spiro atoms. The third kappa shape index (κ3) is 4.87. The van der Waals surface area contributed by atoms with Gasteiger partial charge in [0.1, 0.15) is 10.6 Å². The van der Waals surface area contributed by atoms with Gasteiger partial charge in [0.05, 0.1) is 18.0 Å². The van der Waals surface area contributed by atoms with Gasteiger partial charge >= 0.3 is 0 Å². The monoisotopic (exact) mass is 336 g/mol. The number of nitro groups is 1. The summed E-state index contributed by atoms with van der Waals surface area (Å²) in [6, 6.07) is 3.04. The van der Waals surface area contributed by atoms with E-state index in [9.17, 15) is 23.3 Å². The molecule has 1 rings (SSSR count). The van der Waals surface area contributed by atoms with Crippen LogP contribution in [-0.4, -0.2) is 44.9 Å². The van der Waals surface area contributed by atoms with Crippen LogP contribution in [0.15, 0.2) is 23.1 Å². The smallest absolute Gasteiger partial charge is 0.271 e. The van der Waals surface area contributed by atoms with Crippen LogP contribution in [0.3, 0.4) is 0 Å². The number of ether oxygens (including phenoxy) is 1. The molecule has 0 N–H and O–H groups in total. The van der Waals surface area contributed by atoms with Gasteiger partial charge in [-0.25, -0.2) is 8.42 Å². The number of carbonyl (C=O) groups excluding carboxylic acids is 1. The Bertz CT molecular complexity index is 659. The van der Waals surface area contributed by atoms with Gasteiger partial charge < -0.3 is 9.64 Å². The molecule has 0 bridgehead atoms. The molecule has 0 aliphatic rings. The van der Waals surface area contributed by atoms with Crippen LogP contribution < -0.4 is 4.74 Å². The third-order valence-corrected chi connectivity index (χ3v) is 3.82. The van der Waals surface area contributed by atoms with E-state index in [0.717, 1.165) is 18.2 Å². The van der Waals surface area contributed by atoms with Crippen LogP contribution in [0.5, 0.6) is 5.75 Å². The minimum Gasteiger partial charge on any atom is -0.492 e. The molecule has 0 fully saturated rings. The zero-order chi connectivity index (χ0) is 16.2. The van der Waals surface area contributed by atoms with E-state index in [4.69, 9.17) is 15.4 Å². The van der Waals surface area contributed by atoms with Gasteiger partial charge in [-0.1, -0.05) is 0 Å². The summed E-state index contributed by atoms with van der Waals surface area (Å²) in [6.45, 7) is -0.0752. The van der Waals surface area contributed by atoms with Crippen molar-refractivity contribution < 1.29 is 22.9 Å². The van der Waals surface area contributed by atoms with Crippen molar-refractivity contribution in [2.45, 2.75) is 11.3 Å². The first-order chi connectivity index (χ1) is 9.62. The maximum atomic E-state index is 11.4. The fraction of sp³-hybridized carbons (Fsp3) is 0.364. The SMILES string of the molecule is CN(C)C(=O)CCOc1ccc([N+](=O)[O-])cc1S(=O)(=O)Cl. The first-order valence-corrected chi connectivity index (χ1v) is 8.00. The average Bonchev–Trinajstić information content (AvgIpc) is 2.37. The summed E-state index contributed by atoms with van der Waals surface area (Å²) in [7, 11) is 4.16. The average molecular weight is 337 g/mol. The van der Waals surface area contributed by atoms with Crippen molar-refractivity contribution in [3.63, 3.8) is 0 Å². The fourth-order valence-corrected chi connectivity index (χ4v) is 2.38. The van der Waals surface area contributed by atoms with E-state index in [1.54, 1.807) is 14.1 Å². The topological polar surface area (TPSA) is 107 Å². The lowest BCUT2D eigenvalue weighted by molar-refractivity contribution is -0.385. The van der Waals surface area contributed by atoms with Crippen molar-refractivity contribution in [3.8, 4) is 5.75 Å². The molecule has 21 heavy (non-hydrogen) atoms. The number of carbonyl (C=O) groups is 1. The Kier molecular flexibility index (Phi) is 5.50. The van der Waals surface area contributed by atoms with Crippen molar-refractivity contribution >= 4 is 31.3 Å². The summed E-state index contributed by atoms with van der Waals surface area (Å²) in [4.78, 5) is 22.1. The highest BCUT2D eigenvalue weighted by Gasteiger charge is 2.21. The van der Waals surface area contributed by atoms with Gasteiger partial charge in [0, 0.05) is 36.9 Å². The number of benzene rings is 1. The number of nitrogens with zero attached hydrogens (tertiary/aromatic N) is 2. The quantitative estimate of drug-likeness (QED) is 0.441. The van der Waals surface area contributed by atoms with Crippen molar-refractivity contribution in [1.29, 1.82) is 0 Å². The Morgan fingerprint density at radius 3 is 2.52 bits per heavy atom. The van der Waals surface area contributed by atoms with E-state index < -0.39 is 24.6 Å². The summed E-state index contributed by atoms with van der Waals surface area (Å²) in [5.41, 5.74) is -0.425. The van der Waals surface area contributed by atoms with Crippen LogP contribution in [0, 0.1) is 10.1 Å². The molecule has 8 nitrogen and oxygen atoms in total. The van der Waals surface area contributed by atoms with Crippen LogP contribution in [0.25, 0.3) is 0 Å². The molecule has 10 heteroatoms.